The summed E-state index contributed by atoms with van der Waals surface area (Å²) in [5.41, 5.74) is 4.95. The van der Waals surface area contributed by atoms with E-state index in [1.54, 1.807) is 0 Å². The third-order valence-corrected chi connectivity index (χ3v) is 5.16. The molecular weight excluding hydrogens is 292 g/mol. The van der Waals surface area contributed by atoms with Crippen molar-refractivity contribution in [3.8, 4) is 0 Å². The van der Waals surface area contributed by atoms with Crippen LogP contribution in [0.1, 0.15) is 45.6 Å². The van der Waals surface area contributed by atoms with Crippen LogP contribution in [0.3, 0.4) is 0 Å². The number of nitrogens with two attached hydrogens (primary N) is 1. The summed E-state index contributed by atoms with van der Waals surface area (Å²) >= 11 is 1.42. The number of aromatic nitrogens is 3. The molecule has 7 nitrogen and oxygen atoms in total. The summed E-state index contributed by atoms with van der Waals surface area (Å²) < 4.78 is 1.83. The van der Waals surface area contributed by atoms with Gasteiger partial charge in [0, 0.05) is 11.8 Å². The largest absolute Gasteiger partial charge is 0.481 e. The Hall–Kier alpha value is -1.28. The van der Waals surface area contributed by atoms with Crippen molar-refractivity contribution in [3.05, 3.63) is 0 Å². The maximum absolute atomic E-state index is 10.9. The Bertz CT molecular complexity index is 510. The lowest BCUT2D eigenvalue weighted by atomic mass is 9.80. The van der Waals surface area contributed by atoms with Crippen LogP contribution in [0.4, 0.5) is 5.95 Å². The average molecular weight is 314 g/mol. The summed E-state index contributed by atoms with van der Waals surface area (Å²) in [4.78, 5) is 10.9. The average Bonchev–Trinajstić information content (AvgIpc) is 2.78. The van der Waals surface area contributed by atoms with Gasteiger partial charge in [-0.15, -0.1) is 10.2 Å². The van der Waals surface area contributed by atoms with Gasteiger partial charge in [-0.05, 0) is 39.5 Å². The van der Waals surface area contributed by atoms with E-state index >= 15 is 0 Å². The minimum absolute atomic E-state index is 0.153. The Morgan fingerprint density at radius 3 is 2.62 bits per heavy atom. The van der Waals surface area contributed by atoms with Gasteiger partial charge in [-0.25, -0.2) is 0 Å². The lowest BCUT2D eigenvalue weighted by Gasteiger charge is -2.34. The number of aliphatic carboxylic acids is 1. The van der Waals surface area contributed by atoms with Gasteiger partial charge in [0.2, 0.25) is 5.95 Å². The highest BCUT2D eigenvalue weighted by Crippen LogP contribution is 2.36. The number of rotatable bonds is 5. The van der Waals surface area contributed by atoms with E-state index < -0.39 is 11.6 Å². The summed E-state index contributed by atoms with van der Waals surface area (Å²) in [6.07, 6.45) is 2.04. The van der Waals surface area contributed by atoms with Gasteiger partial charge in [0.25, 0.3) is 0 Å². The molecule has 8 heteroatoms. The molecule has 0 spiro atoms. The summed E-state index contributed by atoms with van der Waals surface area (Å²) in [7, 11) is 0. The molecular formula is C13H22N4O3S. The van der Waals surface area contributed by atoms with E-state index in [-0.39, 0.29) is 12.0 Å². The van der Waals surface area contributed by atoms with E-state index in [1.165, 1.54) is 11.8 Å². The second-order valence-corrected chi connectivity index (χ2v) is 6.87. The Balaban J connectivity index is 1.96. The molecule has 0 bridgehead atoms. The van der Waals surface area contributed by atoms with Crippen molar-refractivity contribution in [2.45, 2.75) is 56.3 Å². The van der Waals surface area contributed by atoms with Gasteiger partial charge < -0.3 is 15.9 Å². The highest BCUT2D eigenvalue weighted by molar-refractivity contribution is 7.99. The van der Waals surface area contributed by atoms with Gasteiger partial charge in [-0.1, -0.05) is 11.8 Å². The molecule has 0 saturated heterocycles. The Kier molecular flexibility index (Phi) is 4.77. The van der Waals surface area contributed by atoms with E-state index in [4.69, 9.17) is 10.8 Å². The van der Waals surface area contributed by atoms with Crippen molar-refractivity contribution in [2.75, 3.05) is 11.5 Å². The number of aliphatic hydroxyl groups is 1. The zero-order valence-corrected chi connectivity index (χ0v) is 13.1. The molecule has 1 aromatic rings. The molecule has 1 aromatic heterocycles. The van der Waals surface area contributed by atoms with Crippen molar-refractivity contribution in [2.24, 2.45) is 5.92 Å². The van der Waals surface area contributed by atoms with Crippen LogP contribution in [0.2, 0.25) is 0 Å². The number of anilines is 1. The monoisotopic (exact) mass is 314 g/mol. The molecule has 1 heterocycles. The van der Waals surface area contributed by atoms with Gasteiger partial charge in [0.05, 0.1) is 11.5 Å². The third-order valence-electron chi connectivity index (χ3n) is 3.94. The standard InChI is InChI=1S/C13H22N4O3S/c1-8(2)17-11(14)15-16-12(17)21-7-13(20)5-3-9(4-6-13)10(18)19/h8-9,20H,3-7H2,1-2H3,(H2,14,15)(H,18,19). The van der Waals surface area contributed by atoms with Gasteiger partial charge in [-0.2, -0.15) is 0 Å². The second-order valence-electron chi connectivity index (χ2n) is 5.93. The van der Waals surface area contributed by atoms with Gasteiger partial charge in [0.1, 0.15) is 0 Å². The minimum atomic E-state index is -0.834. The molecule has 0 atom stereocenters. The number of thioether (sulfide) groups is 1. The molecule has 4 N–H and O–H groups in total. The Labute approximate surface area is 127 Å². The molecule has 1 saturated carbocycles. The first-order valence-electron chi connectivity index (χ1n) is 7.11. The number of nitrogens with zero attached hydrogens (tertiary/aromatic N) is 3. The highest BCUT2D eigenvalue weighted by atomic mass is 32.2. The van der Waals surface area contributed by atoms with Crippen molar-refractivity contribution in [1.29, 1.82) is 0 Å². The molecule has 0 aliphatic heterocycles. The maximum atomic E-state index is 10.9. The van der Waals surface area contributed by atoms with E-state index in [0.717, 1.165) is 0 Å². The number of hydrogen-bond donors (Lipinski definition) is 3. The summed E-state index contributed by atoms with van der Waals surface area (Å²) in [6.45, 7) is 3.99. The first-order chi connectivity index (χ1) is 9.82. The molecule has 21 heavy (non-hydrogen) atoms. The molecule has 1 aliphatic rings. The lowest BCUT2D eigenvalue weighted by Crippen LogP contribution is -2.38. The molecule has 1 fully saturated rings. The second kappa shape index (κ2) is 6.23. The Morgan fingerprint density at radius 2 is 2.10 bits per heavy atom. The molecule has 0 radical (unpaired) electrons. The normalized spacial score (nSPS) is 26.2. The summed E-state index contributed by atoms with van der Waals surface area (Å²) in [5.74, 6) is -0.249. The summed E-state index contributed by atoms with van der Waals surface area (Å²) in [6, 6.07) is 0.153. The predicted octanol–water partition coefficient (Wildman–Crippen LogP) is 1.54. The van der Waals surface area contributed by atoms with Crippen LogP contribution in [0.5, 0.6) is 0 Å². The topological polar surface area (TPSA) is 114 Å². The first kappa shape index (κ1) is 16.1. The molecule has 0 unspecified atom stereocenters. The van der Waals surface area contributed by atoms with E-state index in [2.05, 4.69) is 10.2 Å². The molecule has 118 valence electrons. The van der Waals surface area contributed by atoms with Crippen molar-refractivity contribution < 1.29 is 15.0 Å². The van der Waals surface area contributed by atoms with Crippen molar-refractivity contribution >= 4 is 23.7 Å². The number of carboxylic acid groups (broad SMARTS) is 1. The lowest BCUT2D eigenvalue weighted by molar-refractivity contribution is -0.144. The van der Waals surface area contributed by atoms with Crippen LogP contribution in [0, 0.1) is 5.92 Å². The van der Waals surface area contributed by atoms with Gasteiger partial charge >= 0.3 is 5.97 Å². The maximum Gasteiger partial charge on any atom is 0.306 e. The predicted molar refractivity (Wildman–Crippen MR) is 80.1 cm³/mol. The quantitative estimate of drug-likeness (QED) is 0.706. The van der Waals surface area contributed by atoms with Crippen LogP contribution in [0.15, 0.2) is 5.16 Å². The number of nitrogen functional groups attached to an aromatic ring is 1. The van der Waals surface area contributed by atoms with E-state index in [9.17, 15) is 9.90 Å². The smallest absolute Gasteiger partial charge is 0.306 e. The number of hydrogen-bond acceptors (Lipinski definition) is 6. The fourth-order valence-electron chi connectivity index (χ4n) is 2.62. The molecule has 0 amide bonds. The SMILES string of the molecule is CC(C)n1c(N)nnc1SCC1(O)CCC(C(=O)O)CC1. The van der Waals surface area contributed by atoms with Crippen LogP contribution in [-0.2, 0) is 4.79 Å². The third kappa shape index (κ3) is 3.68. The van der Waals surface area contributed by atoms with E-state index in [0.29, 0.717) is 42.5 Å². The van der Waals surface area contributed by atoms with Gasteiger partial charge in [-0.3, -0.25) is 9.36 Å². The van der Waals surface area contributed by atoms with Crippen molar-refractivity contribution in [1.82, 2.24) is 14.8 Å². The first-order valence-corrected chi connectivity index (χ1v) is 8.09. The van der Waals surface area contributed by atoms with Crippen molar-refractivity contribution in [3.63, 3.8) is 0 Å². The van der Waals surface area contributed by atoms with Crippen LogP contribution < -0.4 is 5.73 Å². The fraction of sp³-hybridized carbons (Fsp3) is 0.769. The molecule has 2 rings (SSSR count). The molecule has 1 aliphatic carbocycles. The Morgan fingerprint density at radius 1 is 1.48 bits per heavy atom. The summed E-state index contributed by atoms with van der Waals surface area (Å²) in [5, 5.41) is 28.2. The zero-order valence-electron chi connectivity index (χ0n) is 12.3. The minimum Gasteiger partial charge on any atom is -0.481 e. The number of carbonyl (C=O) groups is 1. The van der Waals surface area contributed by atoms with Crippen LogP contribution >= 0.6 is 11.8 Å². The zero-order chi connectivity index (χ0) is 15.6. The van der Waals surface area contributed by atoms with E-state index in [1.807, 2.05) is 18.4 Å². The van der Waals surface area contributed by atoms with Crippen LogP contribution in [0.25, 0.3) is 0 Å². The van der Waals surface area contributed by atoms with Crippen LogP contribution in [-0.4, -0.2) is 42.3 Å². The highest BCUT2D eigenvalue weighted by Gasteiger charge is 2.36. The molecule has 0 aromatic carbocycles. The van der Waals surface area contributed by atoms with Gasteiger partial charge in [0.15, 0.2) is 5.16 Å². The number of carboxylic acids is 1. The fourth-order valence-corrected chi connectivity index (χ4v) is 3.85.